The molecule has 1 aromatic heterocycles. The van der Waals surface area contributed by atoms with Crippen molar-refractivity contribution in [2.24, 2.45) is 0 Å². The summed E-state index contributed by atoms with van der Waals surface area (Å²) in [6.07, 6.45) is 0. The number of anilines is 1. The number of rotatable bonds is 4. The Labute approximate surface area is 124 Å². The van der Waals surface area contributed by atoms with Gasteiger partial charge in [0, 0.05) is 18.1 Å². The number of thiazole rings is 1. The summed E-state index contributed by atoms with van der Waals surface area (Å²) in [4.78, 5) is 3.45. The van der Waals surface area contributed by atoms with Crippen LogP contribution in [0.2, 0.25) is 5.02 Å². The summed E-state index contributed by atoms with van der Waals surface area (Å²) in [6, 6.07) is 2.21. The molecule has 0 aliphatic heterocycles. The number of nitrogens with two attached hydrogens (primary N) is 1. The molecule has 0 saturated heterocycles. The van der Waals surface area contributed by atoms with E-state index in [9.17, 15) is 12.8 Å². The van der Waals surface area contributed by atoms with E-state index in [1.165, 1.54) is 18.4 Å². The molecule has 1 aromatic carbocycles. The second-order valence-corrected chi connectivity index (χ2v) is 7.19. The number of hydrogen-bond donors (Lipinski definition) is 1. The number of aromatic nitrogens is 1. The van der Waals surface area contributed by atoms with Gasteiger partial charge in [0.1, 0.15) is 4.90 Å². The fraction of sp³-hybridized carbons (Fsp3) is 0.182. The van der Waals surface area contributed by atoms with Crippen LogP contribution in [0.5, 0.6) is 0 Å². The number of nitrogens with zero attached hydrogens (tertiary/aromatic N) is 2. The Morgan fingerprint density at radius 1 is 1.50 bits per heavy atom. The van der Waals surface area contributed by atoms with Crippen LogP contribution < -0.4 is 5.73 Å². The molecule has 2 aromatic rings. The van der Waals surface area contributed by atoms with Crippen LogP contribution in [0.4, 0.5) is 10.1 Å². The van der Waals surface area contributed by atoms with Crippen molar-refractivity contribution in [1.82, 2.24) is 9.29 Å². The van der Waals surface area contributed by atoms with Crippen LogP contribution in [-0.4, -0.2) is 24.8 Å². The van der Waals surface area contributed by atoms with Gasteiger partial charge in [0.2, 0.25) is 10.0 Å². The molecule has 0 saturated carbocycles. The van der Waals surface area contributed by atoms with E-state index in [0.717, 1.165) is 16.4 Å². The molecule has 0 atom stereocenters. The Morgan fingerprint density at radius 2 is 2.20 bits per heavy atom. The molecular formula is C11H11ClFN3O2S2. The third-order valence-corrected chi connectivity index (χ3v) is 5.29. The molecule has 5 nitrogen and oxygen atoms in total. The minimum absolute atomic E-state index is 0.0394. The van der Waals surface area contributed by atoms with E-state index in [1.807, 2.05) is 0 Å². The molecule has 0 spiro atoms. The molecule has 0 unspecified atom stereocenters. The monoisotopic (exact) mass is 335 g/mol. The highest BCUT2D eigenvalue weighted by Crippen LogP contribution is 2.28. The molecule has 2 N–H and O–H groups in total. The highest BCUT2D eigenvalue weighted by Gasteiger charge is 2.27. The summed E-state index contributed by atoms with van der Waals surface area (Å²) in [5.74, 6) is -1.01. The number of nitrogen functional groups attached to an aromatic ring is 1. The van der Waals surface area contributed by atoms with E-state index in [1.54, 1.807) is 10.9 Å². The van der Waals surface area contributed by atoms with Gasteiger partial charge in [-0.1, -0.05) is 11.6 Å². The minimum atomic E-state index is -4.03. The van der Waals surface area contributed by atoms with Gasteiger partial charge in [-0.2, -0.15) is 4.31 Å². The quantitative estimate of drug-likeness (QED) is 0.870. The third-order valence-electron chi connectivity index (χ3n) is 2.57. The molecule has 1 heterocycles. The van der Waals surface area contributed by atoms with Gasteiger partial charge in [0.05, 0.1) is 22.8 Å². The first-order valence-electron chi connectivity index (χ1n) is 5.40. The molecule has 0 bridgehead atoms. The highest BCUT2D eigenvalue weighted by atomic mass is 35.5. The number of sulfonamides is 1. The second-order valence-electron chi connectivity index (χ2n) is 4.06. The molecule has 20 heavy (non-hydrogen) atoms. The van der Waals surface area contributed by atoms with Gasteiger partial charge in [-0.3, -0.25) is 0 Å². The Hall–Kier alpha value is -1.22. The summed E-state index contributed by atoms with van der Waals surface area (Å²) < 4.78 is 39.6. The van der Waals surface area contributed by atoms with Crippen molar-refractivity contribution in [3.63, 3.8) is 0 Å². The summed E-state index contributed by atoms with van der Waals surface area (Å²) in [6.45, 7) is 0.0394. The lowest BCUT2D eigenvalue weighted by molar-refractivity contribution is 0.456. The molecule has 9 heteroatoms. The van der Waals surface area contributed by atoms with Crippen molar-refractivity contribution < 1.29 is 12.8 Å². The zero-order valence-corrected chi connectivity index (χ0v) is 12.8. The van der Waals surface area contributed by atoms with Crippen molar-refractivity contribution in [3.8, 4) is 0 Å². The van der Waals surface area contributed by atoms with Gasteiger partial charge in [-0.15, -0.1) is 11.3 Å². The van der Waals surface area contributed by atoms with Crippen LogP contribution in [0.3, 0.4) is 0 Å². The summed E-state index contributed by atoms with van der Waals surface area (Å²) >= 11 is 6.97. The fourth-order valence-corrected chi connectivity index (χ4v) is 3.66. The van der Waals surface area contributed by atoms with Crippen LogP contribution >= 0.6 is 22.9 Å². The maximum Gasteiger partial charge on any atom is 0.246 e. The fourth-order valence-electron chi connectivity index (χ4n) is 1.57. The lowest BCUT2D eigenvalue weighted by Gasteiger charge is -2.17. The molecule has 0 aliphatic carbocycles. The molecule has 0 amide bonds. The average Bonchev–Trinajstić information content (AvgIpc) is 2.86. The number of hydrogen-bond acceptors (Lipinski definition) is 5. The van der Waals surface area contributed by atoms with E-state index >= 15 is 0 Å². The van der Waals surface area contributed by atoms with Crippen molar-refractivity contribution >= 4 is 38.6 Å². The van der Waals surface area contributed by atoms with Gasteiger partial charge < -0.3 is 5.73 Å². The summed E-state index contributed by atoms with van der Waals surface area (Å²) in [5, 5.41) is 1.39. The van der Waals surface area contributed by atoms with Crippen LogP contribution in [0.15, 0.2) is 27.9 Å². The van der Waals surface area contributed by atoms with Gasteiger partial charge in [-0.25, -0.2) is 17.8 Å². The SMILES string of the molecule is CN(Cc1cscn1)S(=O)(=O)c1cc(N)cc(Cl)c1F. The van der Waals surface area contributed by atoms with Crippen molar-refractivity contribution in [2.45, 2.75) is 11.4 Å². The topological polar surface area (TPSA) is 76.3 Å². The van der Waals surface area contributed by atoms with Gasteiger partial charge in [-0.05, 0) is 12.1 Å². The zero-order valence-electron chi connectivity index (χ0n) is 10.4. The second kappa shape index (κ2) is 5.65. The van der Waals surface area contributed by atoms with E-state index in [2.05, 4.69) is 4.98 Å². The number of halogens is 2. The average molecular weight is 336 g/mol. The van der Waals surface area contributed by atoms with Crippen molar-refractivity contribution in [3.05, 3.63) is 39.6 Å². The highest BCUT2D eigenvalue weighted by molar-refractivity contribution is 7.89. The predicted octanol–water partition coefficient (Wildman–Crippen LogP) is 2.34. The van der Waals surface area contributed by atoms with Crippen LogP contribution in [-0.2, 0) is 16.6 Å². The van der Waals surface area contributed by atoms with Crippen molar-refractivity contribution in [2.75, 3.05) is 12.8 Å². The van der Waals surface area contributed by atoms with E-state index in [0.29, 0.717) is 5.69 Å². The standard InChI is InChI=1S/C11H11ClFN3O2S2/c1-16(4-8-5-19-6-15-8)20(17,18)10-3-7(14)2-9(12)11(10)13/h2-3,5-6H,4,14H2,1H3. The lowest BCUT2D eigenvalue weighted by atomic mass is 10.3. The first-order valence-corrected chi connectivity index (χ1v) is 8.16. The van der Waals surface area contributed by atoms with Gasteiger partial charge in [0.15, 0.2) is 5.82 Å². The van der Waals surface area contributed by atoms with Gasteiger partial charge >= 0.3 is 0 Å². The van der Waals surface area contributed by atoms with Gasteiger partial charge in [0.25, 0.3) is 0 Å². The smallest absolute Gasteiger partial charge is 0.246 e. The summed E-state index contributed by atoms with van der Waals surface area (Å²) in [5.41, 5.74) is 7.77. The molecule has 0 radical (unpaired) electrons. The molecule has 0 aliphatic rings. The molecule has 108 valence electrons. The maximum atomic E-state index is 13.9. The zero-order chi connectivity index (χ0) is 14.9. The Bertz CT molecular complexity index is 720. The molecule has 0 fully saturated rings. The molecule has 2 rings (SSSR count). The molecular weight excluding hydrogens is 325 g/mol. The first kappa shape index (κ1) is 15.2. The maximum absolute atomic E-state index is 13.9. The number of benzene rings is 1. The van der Waals surface area contributed by atoms with Crippen LogP contribution in [0.1, 0.15) is 5.69 Å². The predicted molar refractivity (Wildman–Crippen MR) is 76.6 cm³/mol. The van der Waals surface area contributed by atoms with E-state index in [4.69, 9.17) is 17.3 Å². The Balaban J connectivity index is 2.40. The minimum Gasteiger partial charge on any atom is -0.399 e. The van der Waals surface area contributed by atoms with Crippen molar-refractivity contribution in [1.29, 1.82) is 0 Å². The summed E-state index contributed by atoms with van der Waals surface area (Å²) in [7, 11) is -2.69. The Morgan fingerprint density at radius 3 is 2.80 bits per heavy atom. The third kappa shape index (κ3) is 2.93. The van der Waals surface area contributed by atoms with Crippen LogP contribution in [0.25, 0.3) is 0 Å². The first-order chi connectivity index (χ1) is 9.32. The largest absolute Gasteiger partial charge is 0.399 e. The van der Waals surface area contributed by atoms with Crippen LogP contribution in [0, 0.1) is 5.82 Å². The normalized spacial score (nSPS) is 12.0. The van der Waals surface area contributed by atoms with E-state index < -0.39 is 20.7 Å². The lowest BCUT2D eigenvalue weighted by Crippen LogP contribution is -2.27. The van der Waals surface area contributed by atoms with E-state index in [-0.39, 0.29) is 17.3 Å². The Kier molecular flexibility index (Phi) is 4.28.